The first kappa shape index (κ1) is 27.1. The number of hydrogen-bond donors (Lipinski definition) is 4. The van der Waals surface area contributed by atoms with Crippen molar-refractivity contribution in [3.63, 3.8) is 0 Å². The standard InChI is InChI=1S/C26H39N3O6/c1-18-8-6-9-20(27)10-7-11-21(28-34-17-24(32)29-12-4-3-5-13-29)14-19-15-22(30)16-23(31)26(19,2)25(33)35-18/h6-7,9,11,15-16,18,20,23-24,30-32H,3-5,8,10,12-14,17,27H2,1-2H3/b9-6+,11-7+,28-21+/t18-,20-,23?,24?,26?/m1/s1. The fourth-order valence-corrected chi connectivity index (χ4v) is 4.44. The van der Waals surface area contributed by atoms with Gasteiger partial charge in [0.1, 0.15) is 23.5 Å². The van der Waals surface area contributed by atoms with Gasteiger partial charge >= 0.3 is 5.97 Å². The number of aliphatic hydroxyl groups excluding tert-OH is 3. The first-order valence-corrected chi connectivity index (χ1v) is 12.4. The van der Waals surface area contributed by atoms with Gasteiger partial charge in [-0.3, -0.25) is 9.69 Å². The molecular formula is C26H39N3O6. The van der Waals surface area contributed by atoms with Gasteiger partial charge in [-0.1, -0.05) is 29.8 Å². The second-order valence-corrected chi connectivity index (χ2v) is 9.72. The number of nitrogens with two attached hydrogens (primary N) is 1. The Bertz CT molecular complexity index is 890. The molecule has 0 bridgehead atoms. The van der Waals surface area contributed by atoms with Gasteiger partial charge in [0.2, 0.25) is 0 Å². The summed E-state index contributed by atoms with van der Waals surface area (Å²) in [5.41, 5.74) is 5.65. The molecular weight excluding hydrogens is 450 g/mol. The van der Waals surface area contributed by atoms with Crippen LogP contribution in [0, 0.1) is 5.41 Å². The van der Waals surface area contributed by atoms with E-state index >= 15 is 0 Å². The van der Waals surface area contributed by atoms with Crippen LogP contribution in [-0.2, 0) is 14.4 Å². The molecule has 1 saturated heterocycles. The zero-order chi connectivity index (χ0) is 25.4. The molecule has 3 aliphatic rings. The number of esters is 1. The van der Waals surface area contributed by atoms with Crippen LogP contribution in [0.4, 0.5) is 0 Å². The topological polar surface area (TPSA) is 138 Å². The molecule has 5 atom stereocenters. The first-order chi connectivity index (χ1) is 16.7. The highest BCUT2D eigenvalue weighted by molar-refractivity contribution is 5.97. The van der Waals surface area contributed by atoms with Crippen molar-refractivity contribution in [3.8, 4) is 0 Å². The SMILES string of the molecule is C[C@@H]1C/C=C/[C@@H](N)C/C=C/C(=N\OCC(O)N2CCCCC2)CC2=CC(O)=CC(O)C2(C)C(=O)O1. The molecule has 1 fully saturated rings. The molecule has 1 aliphatic carbocycles. The van der Waals surface area contributed by atoms with E-state index in [-0.39, 0.29) is 24.8 Å². The van der Waals surface area contributed by atoms with Crippen LogP contribution in [0.15, 0.2) is 52.9 Å². The van der Waals surface area contributed by atoms with Gasteiger partial charge in [0.25, 0.3) is 0 Å². The quantitative estimate of drug-likeness (QED) is 0.268. The summed E-state index contributed by atoms with van der Waals surface area (Å²) in [4.78, 5) is 20.7. The number of likely N-dealkylation sites (tertiary alicyclic amines) is 1. The van der Waals surface area contributed by atoms with Crippen molar-refractivity contribution in [2.75, 3.05) is 19.7 Å². The third-order valence-corrected chi connectivity index (χ3v) is 6.80. The summed E-state index contributed by atoms with van der Waals surface area (Å²) in [6.45, 7) is 5.02. The highest BCUT2D eigenvalue weighted by Crippen LogP contribution is 2.40. The second kappa shape index (κ2) is 12.5. The third kappa shape index (κ3) is 7.27. The smallest absolute Gasteiger partial charge is 0.319 e. The summed E-state index contributed by atoms with van der Waals surface area (Å²) in [7, 11) is 0. The van der Waals surface area contributed by atoms with Crippen LogP contribution in [0.3, 0.4) is 0 Å². The van der Waals surface area contributed by atoms with E-state index in [9.17, 15) is 20.1 Å². The predicted molar refractivity (Wildman–Crippen MR) is 133 cm³/mol. The Morgan fingerprint density at radius 1 is 1.29 bits per heavy atom. The highest BCUT2D eigenvalue weighted by Gasteiger charge is 2.47. The summed E-state index contributed by atoms with van der Waals surface area (Å²) in [6.07, 6.45) is 12.1. The van der Waals surface area contributed by atoms with Crippen LogP contribution in [0.5, 0.6) is 0 Å². The molecule has 0 radical (unpaired) electrons. The van der Waals surface area contributed by atoms with Crippen LogP contribution in [0.1, 0.15) is 52.4 Å². The molecule has 3 unspecified atom stereocenters. The molecule has 0 aromatic rings. The molecule has 0 amide bonds. The molecule has 9 heteroatoms. The number of oxime groups is 1. The molecule has 0 spiro atoms. The number of ether oxygens (including phenoxy) is 1. The van der Waals surface area contributed by atoms with E-state index in [2.05, 4.69) is 5.16 Å². The van der Waals surface area contributed by atoms with Gasteiger partial charge < -0.3 is 30.6 Å². The summed E-state index contributed by atoms with van der Waals surface area (Å²) in [6, 6.07) is -0.215. The first-order valence-electron chi connectivity index (χ1n) is 12.4. The van der Waals surface area contributed by atoms with Crippen LogP contribution in [0.25, 0.3) is 0 Å². The number of cyclic esters (lactones) is 1. The van der Waals surface area contributed by atoms with Crippen molar-refractivity contribution in [2.45, 2.75) is 76.9 Å². The Kier molecular flexibility index (Phi) is 9.68. The summed E-state index contributed by atoms with van der Waals surface area (Å²) < 4.78 is 5.65. The largest absolute Gasteiger partial charge is 0.508 e. The Hall–Kier alpha value is -2.46. The maximum Gasteiger partial charge on any atom is 0.319 e. The van der Waals surface area contributed by atoms with Crippen LogP contribution in [0.2, 0.25) is 0 Å². The van der Waals surface area contributed by atoms with E-state index in [1.165, 1.54) is 12.2 Å². The summed E-state index contributed by atoms with van der Waals surface area (Å²) in [5.74, 6) is -0.728. The number of rotatable bonds is 4. The van der Waals surface area contributed by atoms with E-state index in [0.717, 1.165) is 32.4 Å². The van der Waals surface area contributed by atoms with Gasteiger partial charge in [0.15, 0.2) is 6.61 Å². The van der Waals surface area contributed by atoms with Crippen molar-refractivity contribution >= 4 is 11.7 Å². The maximum absolute atomic E-state index is 13.2. The molecule has 194 valence electrons. The zero-order valence-corrected chi connectivity index (χ0v) is 20.7. The molecule has 0 saturated carbocycles. The van der Waals surface area contributed by atoms with Gasteiger partial charge in [-0.05, 0) is 56.9 Å². The Morgan fingerprint density at radius 3 is 2.77 bits per heavy atom. The second-order valence-electron chi connectivity index (χ2n) is 9.72. The van der Waals surface area contributed by atoms with E-state index in [0.29, 0.717) is 24.1 Å². The number of hydrogen-bond acceptors (Lipinski definition) is 9. The maximum atomic E-state index is 13.2. The third-order valence-electron chi connectivity index (χ3n) is 6.80. The number of fused-ring (bicyclic) bond motifs is 1. The predicted octanol–water partition coefficient (Wildman–Crippen LogP) is 2.47. The number of carbonyl (C=O) groups is 1. The summed E-state index contributed by atoms with van der Waals surface area (Å²) >= 11 is 0. The number of carbonyl (C=O) groups excluding carboxylic acids is 1. The lowest BCUT2D eigenvalue weighted by atomic mass is 9.72. The lowest BCUT2D eigenvalue weighted by molar-refractivity contribution is -0.162. The normalized spacial score (nSPS) is 35.1. The fraction of sp³-hybridized carbons (Fsp3) is 0.615. The molecule has 0 aromatic carbocycles. The van der Waals surface area contributed by atoms with Crippen LogP contribution in [-0.4, -0.2) is 76.1 Å². The van der Waals surface area contributed by atoms with Crippen molar-refractivity contribution in [1.82, 2.24) is 4.90 Å². The molecule has 0 aromatic heterocycles. The summed E-state index contributed by atoms with van der Waals surface area (Å²) in [5, 5.41) is 35.6. The molecule has 9 nitrogen and oxygen atoms in total. The van der Waals surface area contributed by atoms with E-state index in [1.807, 2.05) is 23.1 Å². The number of nitrogens with zero attached hydrogens (tertiary/aromatic N) is 2. The van der Waals surface area contributed by atoms with Gasteiger partial charge in [0.05, 0.1) is 11.8 Å². The van der Waals surface area contributed by atoms with E-state index in [4.69, 9.17) is 15.3 Å². The molecule has 3 rings (SSSR count). The zero-order valence-electron chi connectivity index (χ0n) is 20.7. The fourth-order valence-electron chi connectivity index (χ4n) is 4.44. The molecule has 2 aliphatic heterocycles. The van der Waals surface area contributed by atoms with Gasteiger partial charge in [-0.15, -0.1) is 0 Å². The minimum atomic E-state index is -1.41. The van der Waals surface area contributed by atoms with Gasteiger partial charge in [0, 0.05) is 32.0 Å². The minimum absolute atomic E-state index is 0.00322. The van der Waals surface area contributed by atoms with Gasteiger partial charge in [-0.25, -0.2) is 0 Å². The average molecular weight is 490 g/mol. The van der Waals surface area contributed by atoms with Crippen LogP contribution >= 0.6 is 0 Å². The minimum Gasteiger partial charge on any atom is -0.508 e. The molecule has 5 N–H and O–H groups in total. The number of aliphatic hydroxyl groups is 3. The van der Waals surface area contributed by atoms with Crippen molar-refractivity contribution in [2.24, 2.45) is 16.3 Å². The number of piperidine rings is 1. The molecule has 2 heterocycles. The Morgan fingerprint density at radius 2 is 2.03 bits per heavy atom. The van der Waals surface area contributed by atoms with Crippen molar-refractivity contribution < 1.29 is 29.7 Å². The van der Waals surface area contributed by atoms with Crippen molar-refractivity contribution in [3.05, 3.63) is 47.8 Å². The monoisotopic (exact) mass is 489 g/mol. The van der Waals surface area contributed by atoms with Gasteiger partial charge in [-0.2, -0.15) is 0 Å². The van der Waals surface area contributed by atoms with E-state index in [1.54, 1.807) is 19.9 Å². The highest BCUT2D eigenvalue weighted by atomic mass is 16.6. The van der Waals surface area contributed by atoms with E-state index < -0.39 is 29.8 Å². The average Bonchev–Trinajstić information content (AvgIpc) is 2.81. The Labute approximate surface area is 207 Å². The molecule has 35 heavy (non-hydrogen) atoms. The Balaban J connectivity index is 1.85. The lowest BCUT2D eigenvalue weighted by Crippen LogP contribution is -2.45. The number of allylic oxidation sites excluding steroid dienone is 2. The van der Waals surface area contributed by atoms with Crippen LogP contribution < -0.4 is 5.73 Å². The van der Waals surface area contributed by atoms with Crippen molar-refractivity contribution in [1.29, 1.82) is 0 Å². The lowest BCUT2D eigenvalue weighted by Gasteiger charge is -2.36.